The van der Waals surface area contributed by atoms with Crippen LogP contribution in [0.25, 0.3) is 0 Å². The second kappa shape index (κ2) is 5.90. The van der Waals surface area contributed by atoms with E-state index in [0.717, 1.165) is 0 Å². The largest absolute Gasteiger partial charge is 0.480 e. The molecule has 1 rings (SSSR count). The lowest BCUT2D eigenvalue weighted by Gasteiger charge is -2.29. The summed E-state index contributed by atoms with van der Waals surface area (Å²) < 4.78 is 5.63. The minimum atomic E-state index is -1.20. The molecule has 0 spiro atoms. The number of hydrogen-bond donors (Lipinski definition) is 2. The molecule has 1 heterocycles. The molecule has 1 amide bonds. The van der Waals surface area contributed by atoms with E-state index >= 15 is 0 Å². The Labute approximate surface area is 114 Å². The highest BCUT2D eigenvalue weighted by molar-refractivity contribution is 5.88. The predicted octanol–water partition coefficient (Wildman–Crippen LogP) is 1.81. The minimum absolute atomic E-state index is 0.0213. The second-order valence-electron chi connectivity index (χ2n) is 5.81. The van der Waals surface area contributed by atoms with Crippen molar-refractivity contribution in [1.29, 1.82) is 0 Å². The van der Waals surface area contributed by atoms with Crippen LogP contribution in [0.2, 0.25) is 0 Å². The van der Waals surface area contributed by atoms with Crippen molar-refractivity contribution in [2.45, 2.75) is 65.2 Å². The van der Waals surface area contributed by atoms with Crippen molar-refractivity contribution in [1.82, 2.24) is 5.32 Å². The Morgan fingerprint density at radius 1 is 1.26 bits per heavy atom. The van der Waals surface area contributed by atoms with E-state index in [9.17, 15) is 14.7 Å². The molecule has 2 N–H and O–H groups in total. The van der Waals surface area contributed by atoms with Crippen LogP contribution in [0.3, 0.4) is 0 Å². The molecule has 19 heavy (non-hydrogen) atoms. The quantitative estimate of drug-likeness (QED) is 0.799. The van der Waals surface area contributed by atoms with Gasteiger partial charge in [-0.3, -0.25) is 4.79 Å². The van der Waals surface area contributed by atoms with Crippen molar-refractivity contribution in [2.24, 2.45) is 11.8 Å². The van der Waals surface area contributed by atoms with E-state index in [4.69, 9.17) is 4.74 Å². The molecule has 5 atom stereocenters. The van der Waals surface area contributed by atoms with Gasteiger partial charge in [-0.1, -0.05) is 20.3 Å². The van der Waals surface area contributed by atoms with Gasteiger partial charge in [-0.15, -0.1) is 0 Å². The van der Waals surface area contributed by atoms with Gasteiger partial charge in [0.15, 0.2) is 0 Å². The van der Waals surface area contributed by atoms with Crippen LogP contribution in [0.1, 0.15) is 47.5 Å². The summed E-state index contributed by atoms with van der Waals surface area (Å²) in [6.45, 7) is 9.24. The molecule has 0 saturated carbocycles. The van der Waals surface area contributed by atoms with Crippen LogP contribution < -0.4 is 5.32 Å². The number of hydrogen-bond acceptors (Lipinski definition) is 3. The van der Waals surface area contributed by atoms with Crippen LogP contribution in [0, 0.1) is 11.8 Å². The van der Waals surface area contributed by atoms with Crippen LogP contribution in [0.15, 0.2) is 0 Å². The molecule has 1 aliphatic heterocycles. The molecular weight excluding hydrogens is 246 g/mol. The SMILES string of the molecule is CCCC(C)(NC(=O)C1C(C)OC(C)C1C)C(=O)O. The molecular formula is C14H25NO4. The summed E-state index contributed by atoms with van der Waals surface area (Å²) in [4.78, 5) is 23.7. The third kappa shape index (κ3) is 3.26. The van der Waals surface area contributed by atoms with Crippen molar-refractivity contribution in [3.63, 3.8) is 0 Å². The smallest absolute Gasteiger partial charge is 0.329 e. The van der Waals surface area contributed by atoms with Crippen molar-refractivity contribution in [3.05, 3.63) is 0 Å². The van der Waals surface area contributed by atoms with Gasteiger partial charge >= 0.3 is 5.97 Å². The molecule has 5 heteroatoms. The highest BCUT2D eigenvalue weighted by Crippen LogP contribution is 2.32. The van der Waals surface area contributed by atoms with Gasteiger partial charge in [-0.05, 0) is 33.1 Å². The second-order valence-corrected chi connectivity index (χ2v) is 5.81. The van der Waals surface area contributed by atoms with Gasteiger partial charge in [0.2, 0.25) is 5.91 Å². The summed E-state index contributed by atoms with van der Waals surface area (Å²) in [7, 11) is 0. The van der Waals surface area contributed by atoms with E-state index in [1.807, 2.05) is 27.7 Å². The molecule has 0 aromatic heterocycles. The first-order chi connectivity index (χ1) is 8.73. The summed E-state index contributed by atoms with van der Waals surface area (Å²) in [6, 6.07) is 0. The molecule has 1 aliphatic rings. The Morgan fingerprint density at radius 2 is 1.84 bits per heavy atom. The number of carbonyl (C=O) groups excluding carboxylic acids is 1. The molecule has 0 aromatic carbocycles. The normalized spacial score (nSPS) is 33.7. The number of amides is 1. The Kier molecular flexibility index (Phi) is 4.96. The van der Waals surface area contributed by atoms with E-state index in [1.54, 1.807) is 6.92 Å². The molecule has 110 valence electrons. The Balaban J connectivity index is 2.81. The van der Waals surface area contributed by atoms with Crippen LogP contribution in [0.4, 0.5) is 0 Å². The first-order valence-corrected chi connectivity index (χ1v) is 6.93. The Hall–Kier alpha value is -1.10. The topological polar surface area (TPSA) is 75.6 Å². The summed E-state index contributed by atoms with van der Waals surface area (Å²) in [5.74, 6) is -1.40. The van der Waals surface area contributed by atoms with Gasteiger partial charge in [0.05, 0.1) is 18.1 Å². The van der Waals surface area contributed by atoms with Gasteiger partial charge in [-0.25, -0.2) is 4.79 Å². The predicted molar refractivity (Wildman–Crippen MR) is 71.8 cm³/mol. The molecule has 0 radical (unpaired) electrons. The lowest BCUT2D eigenvalue weighted by Crippen LogP contribution is -2.55. The zero-order valence-corrected chi connectivity index (χ0v) is 12.4. The number of aliphatic carboxylic acids is 1. The van der Waals surface area contributed by atoms with Crippen LogP contribution in [-0.4, -0.2) is 34.7 Å². The number of nitrogens with one attached hydrogen (secondary N) is 1. The van der Waals surface area contributed by atoms with Crippen molar-refractivity contribution < 1.29 is 19.4 Å². The van der Waals surface area contributed by atoms with Gasteiger partial charge in [0.1, 0.15) is 5.54 Å². The van der Waals surface area contributed by atoms with Crippen LogP contribution in [0.5, 0.6) is 0 Å². The third-order valence-electron chi connectivity index (χ3n) is 4.17. The van der Waals surface area contributed by atoms with Crippen molar-refractivity contribution in [2.75, 3.05) is 0 Å². The summed E-state index contributed by atoms with van der Waals surface area (Å²) in [5.41, 5.74) is -1.20. The zero-order valence-electron chi connectivity index (χ0n) is 12.4. The third-order valence-corrected chi connectivity index (χ3v) is 4.17. The maximum absolute atomic E-state index is 12.4. The van der Waals surface area contributed by atoms with Gasteiger partial charge in [0.25, 0.3) is 0 Å². The first-order valence-electron chi connectivity index (χ1n) is 6.93. The fourth-order valence-corrected chi connectivity index (χ4v) is 2.80. The number of ether oxygens (including phenoxy) is 1. The Bertz CT molecular complexity index is 357. The summed E-state index contributed by atoms with van der Waals surface area (Å²) in [6.07, 6.45) is 0.962. The summed E-state index contributed by atoms with van der Waals surface area (Å²) >= 11 is 0. The zero-order chi connectivity index (χ0) is 14.8. The molecule has 0 aliphatic carbocycles. The van der Waals surface area contributed by atoms with Crippen molar-refractivity contribution in [3.8, 4) is 0 Å². The molecule has 1 saturated heterocycles. The molecule has 0 bridgehead atoms. The average molecular weight is 271 g/mol. The van der Waals surface area contributed by atoms with Crippen LogP contribution in [-0.2, 0) is 14.3 Å². The highest BCUT2D eigenvalue weighted by Gasteiger charge is 2.44. The van der Waals surface area contributed by atoms with E-state index in [-0.39, 0.29) is 30.0 Å². The van der Waals surface area contributed by atoms with Crippen molar-refractivity contribution >= 4 is 11.9 Å². The lowest BCUT2D eigenvalue weighted by atomic mass is 9.87. The molecule has 5 unspecified atom stereocenters. The Morgan fingerprint density at radius 3 is 2.21 bits per heavy atom. The average Bonchev–Trinajstić information content (AvgIpc) is 2.52. The maximum Gasteiger partial charge on any atom is 0.329 e. The summed E-state index contributed by atoms with van der Waals surface area (Å²) in [5, 5.41) is 12.0. The maximum atomic E-state index is 12.4. The van der Waals surface area contributed by atoms with E-state index in [1.165, 1.54) is 0 Å². The number of rotatable bonds is 5. The first kappa shape index (κ1) is 16.0. The monoisotopic (exact) mass is 271 g/mol. The fraction of sp³-hybridized carbons (Fsp3) is 0.857. The van der Waals surface area contributed by atoms with E-state index in [0.29, 0.717) is 12.8 Å². The van der Waals surface area contributed by atoms with Gasteiger partial charge in [-0.2, -0.15) is 0 Å². The fourth-order valence-electron chi connectivity index (χ4n) is 2.80. The van der Waals surface area contributed by atoms with Gasteiger partial charge < -0.3 is 15.2 Å². The molecule has 1 fully saturated rings. The molecule has 0 aromatic rings. The highest BCUT2D eigenvalue weighted by atomic mass is 16.5. The van der Waals surface area contributed by atoms with Crippen LogP contribution >= 0.6 is 0 Å². The number of carbonyl (C=O) groups is 2. The van der Waals surface area contributed by atoms with E-state index < -0.39 is 11.5 Å². The van der Waals surface area contributed by atoms with Gasteiger partial charge in [0, 0.05) is 0 Å². The standard InChI is InChI=1S/C14H25NO4/c1-6-7-14(5,13(17)18)15-12(16)11-8(2)9(3)19-10(11)4/h8-11H,6-7H2,1-5H3,(H,15,16)(H,17,18). The number of carboxylic acids is 1. The van der Waals surface area contributed by atoms with E-state index in [2.05, 4.69) is 5.32 Å². The number of carboxylic acid groups (broad SMARTS) is 1. The lowest BCUT2D eigenvalue weighted by molar-refractivity contribution is -0.148. The minimum Gasteiger partial charge on any atom is -0.480 e. The molecule has 5 nitrogen and oxygen atoms in total.